The summed E-state index contributed by atoms with van der Waals surface area (Å²) >= 11 is 1.45. The van der Waals surface area contributed by atoms with Gasteiger partial charge in [-0.25, -0.2) is 4.98 Å². The average molecular weight is 421 g/mol. The SMILES string of the molecule is Nc1c(C(=O)NCCc2ccccc2)sc2nc(N3CCCC3)c3c(c12)CCCC3. The van der Waals surface area contributed by atoms with Gasteiger partial charge in [-0.05, 0) is 61.6 Å². The minimum Gasteiger partial charge on any atom is -0.397 e. The maximum absolute atomic E-state index is 12.9. The van der Waals surface area contributed by atoms with Crippen LogP contribution in [0, 0.1) is 0 Å². The number of fused-ring (bicyclic) bond motifs is 3. The first kappa shape index (κ1) is 19.4. The number of benzene rings is 1. The fraction of sp³-hybridized carbons (Fsp3) is 0.417. The summed E-state index contributed by atoms with van der Waals surface area (Å²) in [5, 5.41) is 4.09. The smallest absolute Gasteiger partial charge is 0.263 e. The normalized spacial score (nSPS) is 16.1. The van der Waals surface area contributed by atoms with E-state index in [1.165, 1.54) is 53.7 Å². The van der Waals surface area contributed by atoms with Gasteiger partial charge in [0.25, 0.3) is 5.91 Å². The van der Waals surface area contributed by atoms with Gasteiger partial charge in [-0.15, -0.1) is 11.3 Å². The van der Waals surface area contributed by atoms with Crippen LogP contribution in [0.2, 0.25) is 0 Å². The standard InChI is InChI=1S/C24H28N4OS/c25-20-19-17-10-4-5-11-18(17)22(28-14-6-7-15-28)27-24(19)30-21(20)23(29)26-13-12-16-8-2-1-3-9-16/h1-3,8-9H,4-7,10-15,25H2,(H,26,29). The van der Waals surface area contributed by atoms with Crippen molar-refractivity contribution in [3.63, 3.8) is 0 Å². The Hall–Kier alpha value is -2.60. The number of carbonyl (C=O) groups excluding carboxylic acids is 1. The van der Waals surface area contributed by atoms with Crippen LogP contribution in [0.1, 0.15) is 52.0 Å². The molecule has 1 saturated heterocycles. The van der Waals surface area contributed by atoms with Crippen LogP contribution in [0.5, 0.6) is 0 Å². The van der Waals surface area contributed by atoms with Gasteiger partial charge in [0.05, 0.1) is 5.69 Å². The lowest BCUT2D eigenvalue weighted by molar-refractivity contribution is 0.0959. The van der Waals surface area contributed by atoms with Crippen molar-refractivity contribution in [2.24, 2.45) is 0 Å². The number of rotatable bonds is 5. The van der Waals surface area contributed by atoms with Gasteiger partial charge in [-0.3, -0.25) is 4.79 Å². The molecule has 2 aliphatic rings. The molecular weight excluding hydrogens is 392 g/mol. The second-order valence-corrected chi connectivity index (χ2v) is 9.31. The Bertz CT molecular complexity index is 1070. The van der Waals surface area contributed by atoms with E-state index in [1.807, 2.05) is 18.2 Å². The molecule has 30 heavy (non-hydrogen) atoms. The van der Waals surface area contributed by atoms with Crippen molar-refractivity contribution in [3.05, 3.63) is 51.9 Å². The second kappa shape index (κ2) is 8.26. The first-order chi connectivity index (χ1) is 14.7. The number of carbonyl (C=O) groups is 1. The molecule has 2 aromatic heterocycles. The van der Waals surface area contributed by atoms with Crippen molar-refractivity contribution in [1.29, 1.82) is 0 Å². The molecule has 1 fully saturated rings. The van der Waals surface area contributed by atoms with Crippen LogP contribution in [0.15, 0.2) is 30.3 Å². The molecule has 0 saturated carbocycles. The lowest BCUT2D eigenvalue weighted by atomic mass is 9.89. The first-order valence-electron chi connectivity index (χ1n) is 11.0. The molecule has 1 amide bonds. The van der Waals surface area contributed by atoms with E-state index < -0.39 is 0 Å². The highest BCUT2D eigenvalue weighted by Gasteiger charge is 2.27. The third-order valence-electron chi connectivity index (χ3n) is 6.33. The number of amides is 1. The van der Waals surface area contributed by atoms with Crippen LogP contribution in [-0.4, -0.2) is 30.5 Å². The first-order valence-corrected chi connectivity index (χ1v) is 11.8. The van der Waals surface area contributed by atoms with Crippen LogP contribution in [0.3, 0.4) is 0 Å². The van der Waals surface area contributed by atoms with Crippen LogP contribution in [-0.2, 0) is 19.3 Å². The van der Waals surface area contributed by atoms with Crippen LogP contribution >= 0.6 is 11.3 Å². The molecule has 1 aliphatic heterocycles. The molecule has 0 spiro atoms. The van der Waals surface area contributed by atoms with E-state index in [-0.39, 0.29) is 5.91 Å². The summed E-state index contributed by atoms with van der Waals surface area (Å²) in [4.78, 5) is 21.9. The van der Waals surface area contributed by atoms with E-state index in [4.69, 9.17) is 10.7 Å². The number of nitrogens with two attached hydrogens (primary N) is 1. The third kappa shape index (κ3) is 3.54. The number of aromatic nitrogens is 1. The number of hydrogen-bond acceptors (Lipinski definition) is 5. The summed E-state index contributed by atoms with van der Waals surface area (Å²) in [6.45, 7) is 2.76. The van der Waals surface area contributed by atoms with Crippen LogP contribution in [0.4, 0.5) is 11.5 Å². The van der Waals surface area contributed by atoms with Gasteiger partial charge in [0.15, 0.2) is 0 Å². The molecular formula is C24H28N4OS. The third-order valence-corrected chi connectivity index (χ3v) is 7.43. The minimum atomic E-state index is -0.0845. The molecule has 0 radical (unpaired) electrons. The van der Waals surface area contributed by atoms with Gasteiger partial charge in [0.2, 0.25) is 0 Å². The highest BCUT2D eigenvalue weighted by Crippen LogP contribution is 2.42. The number of nitrogens with zero attached hydrogens (tertiary/aromatic N) is 2. The van der Waals surface area contributed by atoms with Gasteiger partial charge >= 0.3 is 0 Å². The molecule has 5 nitrogen and oxygen atoms in total. The number of pyridine rings is 1. The van der Waals surface area contributed by atoms with Gasteiger partial charge in [-0.2, -0.15) is 0 Å². The number of hydrogen-bond donors (Lipinski definition) is 2. The second-order valence-electron chi connectivity index (χ2n) is 8.31. The topological polar surface area (TPSA) is 71.2 Å². The predicted octanol–water partition coefficient (Wildman–Crippen LogP) is 4.33. The number of aryl methyl sites for hydroxylation is 1. The molecule has 0 atom stereocenters. The fourth-order valence-electron chi connectivity index (χ4n) is 4.80. The number of thiophene rings is 1. The Balaban J connectivity index is 1.45. The van der Waals surface area contributed by atoms with Gasteiger partial charge < -0.3 is 16.0 Å². The lowest BCUT2D eigenvalue weighted by Crippen LogP contribution is -2.25. The molecule has 0 bridgehead atoms. The molecule has 156 valence electrons. The fourth-order valence-corrected chi connectivity index (χ4v) is 5.84. The molecule has 3 heterocycles. The Kier molecular flexibility index (Phi) is 5.34. The largest absolute Gasteiger partial charge is 0.397 e. The summed E-state index contributed by atoms with van der Waals surface area (Å²) in [5.74, 6) is 1.06. The number of anilines is 2. The van der Waals surface area contributed by atoms with E-state index in [0.717, 1.165) is 48.4 Å². The summed E-state index contributed by atoms with van der Waals surface area (Å²) < 4.78 is 0. The molecule has 1 aromatic carbocycles. The quantitative estimate of drug-likeness (QED) is 0.644. The van der Waals surface area contributed by atoms with Crippen LogP contribution < -0.4 is 16.0 Å². The number of nitrogens with one attached hydrogen (secondary N) is 1. The average Bonchev–Trinajstić information content (AvgIpc) is 3.42. The maximum atomic E-state index is 12.9. The molecule has 3 aromatic rings. The summed E-state index contributed by atoms with van der Waals surface area (Å²) in [7, 11) is 0. The van der Waals surface area contributed by atoms with Gasteiger partial charge in [0, 0.05) is 25.0 Å². The van der Waals surface area contributed by atoms with Gasteiger partial charge in [0.1, 0.15) is 15.5 Å². The molecule has 0 unspecified atom stereocenters. The molecule has 6 heteroatoms. The molecule has 5 rings (SSSR count). The lowest BCUT2D eigenvalue weighted by Gasteiger charge is -2.25. The Morgan fingerprint density at radius 1 is 1.07 bits per heavy atom. The Labute approximate surface area is 181 Å². The minimum absolute atomic E-state index is 0.0845. The Morgan fingerprint density at radius 3 is 2.57 bits per heavy atom. The van der Waals surface area contributed by atoms with E-state index in [2.05, 4.69) is 22.3 Å². The summed E-state index contributed by atoms with van der Waals surface area (Å²) in [5.41, 5.74) is 11.1. The zero-order valence-corrected chi connectivity index (χ0v) is 18.1. The predicted molar refractivity (Wildman–Crippen MR) is 125 cm³/mol. The summed E-state index contributed by atoms with van der Waals surface area (Å²) in [6.07, 6.45) is 7.76. The van der Waals surface area contributed by atoms with Crippen molar-refractivity contribution in [2.75, 3.05) is 30.3 Å². The van der Waals surface area contributed by atoms with Crippen molar-refractivity contribution in [1.82, 2.24) is 10.3 Å². The monoisotopic (exact) mass is 420 g/mol. The van der Waals surface area contributed by atoms with Crippen molar-refractivity contribution < 1.29 is 4.79 Å². The molecule has 1 aliphatic carbocycles. The van der Waals surface area contributed by atoms with Crippen molar-refractivity contribution in [3.8, 4) is 0 Å². The summed E-state index contributed by atoms with van der Waals surface area (Å²) in [6, 6.07) is 10.2. The Morgan fingerprint density at radius 2 is 1.80 bits per heavy atom. The highest BCUT2D eigenvalue weighted by atomic mass is 32.1. The zero-order valence-electron chi connectivity index (χ0n) is 17.2. The zero-order chi connectivity index (χ0) is 20.5. The van der Waals surface area contributed by atoms with E-state index in [0.29, 0.717) is 17.1 Å². The van der Waals surface area contributed by atoms with Crippen LogP contribution in [0.25, 0.3) is 10.2 Å². The van der Waals surface area contributed by atoms with E-state index in [9.17, 15) is 4.79 Å². The van der Waals surface area contributed by atoms with Gasteiger partial charge in [-0.1, -0.05) is 30.3 Å². The van der Waals surface area contributed by atoms with Crippen molar-refractivity contribution >= 4 is 39.0 Å². The van der Waals surface area contributed by atoms with Crippen molar-refractivity contribution in [2.45, 2.75) is 44.9 Å². The number of nitrogen functional groups attached to an aromatic ring is 1. The van der Waals surface area contributed by atoms with E-state index in [1.54, 1.807) is 0 Å². The van der Waals surface area contributed by atoms with E-state index >= 15 is 0 Å². The molecule has 3 N–H and O–H groups in total. The highest BCUT2D eigenvalue weighted by molar-refractivity contribution is 7.21. The maximum Gasteiger partial charge on any atom is 0.263 e.